The molecule has 1 unspecified atom stereocenters. The van der Waals surface area contributed by atoms with Crippen LogP contribution in [0.15, 0.2) is 24.3 Å². The molecule has 0 aliphatic rings. The summed E-state index contributed by atoms with van der Waals surface area (Å²) in [4.78, 5) is 0. The van der Waals surface area contributed by atoms with E-state index in [-0.39, 0.29) is 0 Å². The molecule has 0 radical (unpaired) electrons. The summed E-state index contributed by atoms with van der Waals surface area (Å²) >= 11 is 0. The fraction of sp³-hybridized carbons (Fsp3) is 0.647. The first kappa shape index (κ1) is 17.0. The summed E-state index contributed by atoms with van der Waals surface area (Å²) in [6, 6.07) is 8.42. The lowest BCUT2D eigenvalue weighted by Gasteiger charge is -2.20. The van der Waals surface area contributed by atoms with Gasteiger partial charge in [0.15, 0.2) is 0 Å². The minimum Gasteiger partial charge on any atom is -0.497 e. The zero-order valence-electron chi connectivity index (χ0n) is 13.3. The highest BCUT2D eigenvalue weighted by Crippen LogP contribution is 2.19. The van der Waals surface area contributed by atoms with Crippen LogP contribution >= 0.6 is 0 Å². The lowest BCUT2D eigenvalue weighted by Crippen LogP contribution is -2.28. The molecule has 0 amide bonds. The minimum absolute atomic E-state index is 0.667. The van der Waals surface area contributed by atoms with Gasteiger partial charge in [-0.3, -0.25) is 0 Å². The molecule has 0 fully saturated rings. The van der Waals surface area contributed by atoms with E-state index < -0.39 is 0 Å². The summed E-state index contributed by atoms with van der Waals surface area (Å²) in [5.41, 5.74) is 1.38. The standard InChI is InChI=1S/C17H29NO2/c1-14(2)11-16(13-18-9-10-19-3)12-15-5-7-17(20-4)8-6-15/h5-8,14,16,18H,9-13H2,1-4H3. The molecule has 0 aliphatic carbocycles. The summed E-state index contributed by atoms with van der Waals surface area (Å²) in [6.45, 7) is 7.32. The van der Waals surface area contributed by atoms with Gasteiger partial charge in [-0.15, -0.1) is 0 Å². The zero-order chi connectivity index (χ0) is 14.8. The molecular weight excluding hydrogens is 250 g/mol. The molecule has 0 saturated heterocycles. The van der Waals surface area contributed by atoms with Crippen LogP contribution in [0.2, 0.25) is 0 Å². The maximum absolute atomic E-state index is 5.20. The number of hydrogen-bond acceptors (Lipinski definition) is 3. The summed E-state index contributed by atoms with van der Waals surface area (Å²) in [7, 11) is 3.45. The van der Waals surface area contributed by atoms with Gasteiger partial charge in [0, 0.05) is 13.7 Å². The molecular formula is C17H29NO2. The fourth-order valence-electron chi connectivity index (χ4n) is 2.48. The molecule has 0 aliphatic heterocycles. The molecule has 1 rings (SSSR count). The van der Waals surface area contributed by atoms with Crippen LogP contribution < -0.4 is 10.1 Å². The average Bonchev–Trinajstić information content (AvgIpc) is 2.43. The van der Waals surface area contributed by atoms with Gasteiger partial charge in [0.1, 0.15) is 5.75 Å². The molecule has 3 heteroatoms. The highest BCUT2D eigenvalue weighted by Gasteiger charge is 2.11. The number of nitrogens with one attached hydrogen (secondary N) is 1. The predicted molar refractivity (Wildman–Crippen MR) is 84.4 cm³/mol. The maximum Gasteiger partial charge on any atom is 0.118 e. The first-order valence-electron chi connectivity index (χ1n) is 7.48. The van der Waals surface area contributed by atoms with Crippen LogP contribution in [0.5, 0.6) is 5.75 Å². The van der Waals surface area contributed by atoms with E-state index in [4.69, 9.17) is 9.47 Å². The first-order chi connectivity index (χ1) is 9.65. The van der Waals surface area contributed by atoms with Crippen molar-refractivity contribution >= 4 is 0 Å². The first-order valence-corrected chi connectivity index (χ1v) is 7.48. The number of benzene rings is 1. The molecule has 1 aromatic carbocycles. The van der Waals surface area contributed by atoms with Gasteiger partial charge < -0.3 is 14.8 Å². The zero-order valence-corrected chi connectivity index (χ0v) is 13.3. The molecule has 1 N–H and O–H groups in total. The molecule has 0 heterocycles. The number of rotatable bonds is 10. The Hall–Kier alpha value is -1.06. The second-order valence-corrected chi connectivity index (χ2v) is 5.74. The van der Waals surface area contributed by atoms with Gasteiger partial charge in [-0.2, -0.15) is 0 Å². The normalized spacial score (nSPS) is 12.7. The van der Waals surface area contributed by atoms with E-state index in [1.54, 1.807) is 14.2 Å². The molecule has 0 spiro atoms. The summed E-state index contributed by atoms with van der Waals surface area (Å²) < 4.78 is 10.3. The van der Waals surface area contributed by atoms with Crippen LogP contribution in [-0.2, 0) is 11.2 Å². The third-order valence-corrected chi connectivity index (χ3v) is 3.40. The van der Waals surface area contributed by atoms with Gasteiger partial charge in [-0.05, 0) is 48.9 Å². The highest BCUT2D eigenvalue weighted by atomic mass is 16.5. The van der Waals surface area contributed by atoms with Crippen molar-refractivity contribution in [1.29, 1.82) is 0 Å². The van der Waals surface area contributed by atoms with Gasteiger partial charge in [0.25, 0.3) is 0 Å². The van der Waals surface area contributed by atoms with Crippen LogP contribution in [0.3, 0.4) is 0 Å². The maximum atomic E-state index is 5.20. The van der Waals surface area contributed by atoms with Crippen LogP contribution in [0.25, 0.3) is 0 Å². The van der Waals surface area contributed by atoms with E-state index in [1.807, 2.05) is 12.1 Å². The Bertz CT molecular complexity index is 349. The molecule has 3 nitrogen and oxygen atoms in total. The lowest BCUT2D eigenvalue weighted by atomic mass is 9.91. The monoisotopic (exact) mass is 279 g/mol. The largest absolute Gasteiger partial charge is 0.497 e. The lowest BCUT2D eigenvalue weighted by molar-refractivity contribution is 0.197. The Labute approximate surface area is 123 Å². The van der Waals surface area contributed by atoms with Gasteiger partial charge >= 0.3 is 0 Å². The van der Waals surface area contributed by atoms with E-state index >= 15 is 0 Å². The Morgan fingerprint density at radius 2 is 1.80 bits per heavy atom. The van der Waals surface area contributed by atoms with Gasteiger partial charge in [-0.1, -0.05) is 26.0 Å². The highest BCUT2D eigenvalue weighted by molar-refractivity contribution is 5.27. The summed E-state index contributed by atoms with van der Waals surface area (Å²) in [5, 5.41) is 3.48. The molecule has 1 atom stereocenters. The van der Waals surface area contributed by atoms with Crippen molar-refractivity contribution in [3.63, 3.8) is 0 Å². The minimum atomic E-state index is 0.667. The second kappa shape index (κ2) is 9.78. The molecule has 0 bridgehead atoms. The third kappa shape index (κ3) is 6.92. The van der Waals surface area contributed by atoms with Crippen molar-refractivity contribution in [1.82, 2.24) is 5.32 Å². The van der Waals surface area contributed by atoms with Crippen molar-refractivity contribution in [3.05, 3.63) is 29.8 Å². The summed E-state index contributed by atoms with van der Waals surface area (Å²) in [5.74, 6) is 2.31. The number of methoxy groups -OCH3 is 2. The Kier molecular flexibility index (Phi) is 8.31. The number of hydrogen-bond donors (Lipinski definition) is 1. The van der Waals surface area contributed by atoms with Gasteiger partial charge in [-0.25, -0.2) is 0 Å². The third-order valence-electron chi connectivity index (χ3n) is 3.40. The van der Waals surface area contributed by atoms with Crippen LogP contribution in [-0.4, -0.2) is 33.9 Å². The fourth-order valence-corrected chi connectivity index (χ4v) is 2.48. The molecule has 114 valence electrons. The van der Waals surface area contributed by atoms with Crippen molar-refractivity contribution in [2.45, 2.75) is 26.7 Å². The predicted octanol–water partition coefficient (Wildman–Crippen LogP) is 3.14. The van der Waals surface area contributed by atoms with E-state index in [0.717, 1.165) is 37.8 Å². The van der Waals surface area contributed by atoms with Crippen molar-refractivity contribution < 1.29 is 9.47 Å². The molecule has 0 saturated carbocycles. The van der Waals surface area contributed by atoms with E-state index in [1.165, 1.54) is 12.0 Å². The Morgan fingerprint density at radius 1 is 1.10 bits per heavy atom. The smallest absolute Gasteiger partial charge is 0.118 e. The average molecular weight is 279 g/mol. The van der Waals surface area contributed by atoms with Crippen LogP contribution in [0.4, 0.5) is 0 Å². The van der Waals surface area contributed by atoms with Crippen molar-refractivity contribution in [2.24, 2.45) is 11.8 Å². The van der Waals surface area contributed by atoms with Crippen molar-refractivity contribution in [3.8, 4) is 5.75 Å². The Balaban J connectivity index is 2.49. The van der Waals surface area contributed by atoms with Gasteiger partial charge in [0.05, 0.1) is 13.7 Å². The molecule has 20 heavy (non-hydrogen) atoms. The van der Waals surface area contributed by atoms with Gasteiger partial charge in [0.2, 0.25) is 0 Å². The van der Waals surface area contributed by atoms with E-state index in [9.17, 15) is 0 Å². The molecule has 1 aromatic rings. The van der Waals surface area contributed by atoms with Crippen LogP contribution in [0, 0.1) is 11.8 Å². The Morgan fingerprint density at radius 3 is 2.35 bits per heavy atom. The molecule has 0 aromatic heterocycles. The van der Waals surface area contributed by atoms with E-state index in [2.05, 4.69) is 31.3 Å². The van der Waals surface area contributed by atoms with E-state index in [0.29, 0.717) is 5.92 Å². The van der Waals surface area contributed by atoms with Crippen molar-refractivity contribution in [2.75, 3.05) is 33.9 Å². The quantitative estimate of drug-likeness (QED) is 0.667. The second-order valence-electron chi connectivity index (χ2n) is 5.74. The SMILES string of the molecule is COCCNCC(Cc1ccc(OC)cc1)CC(C)C. The number of ether oxygens (including phenoxy) is 2. The van der Waals surface area contributed by atoms with Crippen LogP contribution in [0.1, 0.15) is 25.8 Å². The topological polar surface area (TPSA) is 30.5 Å². The summed E-state index contributed by atoms with van der Waals surface area (Å²) in [6.07, 6.45) is 2.36.